The van der Waals surface area contributed by atoms with Crippen LogP contribution in [0.1, 0.15) is 68.6 Å². The SMILES string of the molecule is C=CCCCCCOc1ccc(OC(=O)c2ccc(OCCCCCC)cc2)cc1. The lowest BCUT2D eigenvalue weighted by Gasteiger charge is -2.09. The van der Waals surface area contributed by atoms with E-state index in [9.17, 15) is 4.79 Å². The van der Waals surface area contributed by atoms with Crippen molar-refractivity contribution in [2.75, 3.05) is 13.2 Å². The Morgan fingerprint density at radius 2 is 1.30 bits per heavy atom. The summed E-state index contributed by atoms with van der Waals surface area (Å²) in [7, 11) is 0. The second kappa shape index (κ2) is 14.3. The molecular weight excluding hydrogens is 376 g/mol. The number of benzene rings is 2. The molecule has 0 saturated carbocycles. The van der Waals surface area contributed by atoms with Crippen molar-refractivity contribution in [3.8, 4) is 17.2 Å². The molecule has 30 heavy (non-hydrogen) atoms. The first-order valence-corrected chi connectivity index (χ1v) is 11.0. The number of esters is 1. The Kier molecular flexibility index (Phi) is 11.2. The van der Waals surface area contributed by atoms with E-state index in [1.807, 2.05) is 30.3 Å². The van der Waals surface area contributed by atoms with E-state index in [1.165, 1.54) is 19.3 Å². The first kappa shape index (κ1) is 23.5. The predicted octanol–water partition coefficient (Wildman–Crippen LogP) is 6.99. The van der Waals surface area contributed by atoms with Crippen LogP contribution in [0.2, 0.25) is 0 Å². The third kappa shape index (κ3) is 9.17. The largest absolute Gasteiger partial charge is 0.494 e. The highest BCUT2D eigenvalue weighted by atomic mass is 16.5. The molecular formula is C26H34O4. The van der Waals surface area contributed by atoms with Crippen LogP contribution < -0.4 is 14.2 Å². The Balaban J connectivity index is 1.72. The lowest BCUT2D eigenvalue weighted by molar-refractivity contribution is 0.0734. The molecule has 0 unspecified atom stereocenters. The number of hydrogen-bond acceptors (Lipinski definition) is 4. The van der Waals surface area contributed by atoms with E-state index in [0.29, 0.717) is 24.5 Å². The topological polar surface area (TPSA) is 44.8 Å². The molecule has 162 valence electrons. The fourth-order valence-corrected chi connectivity index (χ4v) is 2.93. The third-order valence-electron chi connectivity index (χ3n) is 4.71. The zero-order chi connectivity index (χ0) is 21.4. The summed E-state index contributed by atoms with van der Waals surface area (Å²) in [6.07, 6.45) is 11.0. The summed E-state index contributed by atoms with van der Waals surface area (Å²) in [4.78, 5) is 12.3. The molecule has 0 bridgehead atoms. The zero-order valence-corrected chi connectivity index (χ0v) is 18.1. The second-order valence-electron chi connectivity index (χ2n) is 7.28. The van der Waals surface area contributed by atoms with Gasteiger partial charge in [0.25, 0.3) is 0 Å². The maximum absolute atomic E-state index is 12.3. The molecule has 0 fully saturated rings. The van der Waals surface area contributed by atoms with E-state index in [2.05, 4.69) is 13.5 Å². The lowest BCUT2D eigenvalue weighted by Crippen LogP contribution is -2.08. The van der Waals surface area contributed by atoms with Crippen molar-refractivity contribution in [2.24, 2.45) is 0 Å². The van der Waals surface area contributed by atoms with E-state index in [-0.39, 0.29) is 5.97 Å². The monoisotopic (exact) mass is 410 g/mol. The highest BCUT2D eigenvalue weighted by Gasteiger charge is 2.09. The third-order valence-corrected chi connectivity index (χ3v) is 4.71. The van der Waals surface area contributed by atoms with Gasteiger partial charge in [-0.3, -0.25) is 0 Å². The molecule has 2 rings (SSSR count). The quantitative estimate of drug-likeness (QED) is 0.137. The minimum absolute atomic E-state index is 0.389. The molecule has 2 aromatic rings. The molecule has 0 spiro atoms. The van der Waals surface area contributed by atoms with Gasteiger partial charge in [-0.15, -0.1) is 6.58 Å². The molecule has 0 amide bonds. The zero-order valence-electron chi connectivity index (χ0n) is 18.1. The number of allylic oxidation sites excluding steroid dienone is 1. The van der Waals surface area contributed by atoms with Crippen molar-refractivity contribution in [1.29, 1.82) is 0 Å². The van der Waals surface area contributed by atoms with Crippen LogP contribution in [-0.2, 0) is 0 Å². The maximum Gasteiger partial charge on any atom is 0.343 e. The molecule has 0 N–H and O–H groups in total. The van der Waals surface area contributed by atoms with E-state index < -0.39 is 0 Å². The number of rotatable bonds is 15. The van der Waals surface area contributed by atoms with Crippen molar-refractivity contribution in [2.45, 2.75) is 58.3 Å². The summed E-state index contributed by atoms with van der Waals surface area (Å²) in [6, 6.07) is 14.2. The normalized spacial score (nSPS) is 10.4. The minimum Gasteiger partial charge on any atom is -0.494 e. The van der Waals surface area contributed by atoms with E-state index >= 15 is 0 Å². The summed E-state index contributed by atoms with van der Waals surface area (Å²) >= 11 is 0. The van der Waals surface area contributed by atoms with E-state index in [4.69, 9.17) is 14.2 Å². The van der Waals surface area contributed by atoms with Crippen molar-refractivity contribution >= 4 is 5.97 Å². The van der Waals surface area contributed by atoms with Crippen molar-refractivity contribution in [3.63, 3.8) is 0 Å². The van der Waals surface area contributed by atoms with Crippen LogP contribution in [0.25, 0.3) is 0 Å². The Labute approximate surface area is 180 Å². The van der Waals surface area contributed by atoms with Gasteiger partial charge in [0, 0.05) is 0 Å². The number of unbranched alkanes of at least 4 members (excludes halogenated alkanes) is 6. The van der Waals surface area contributed by atoms with Crippen LogP contribution in [0.4, 0.5) is 0 Å². The van der Waals surface area contributed by atoms with Crippen LogP contribution in [0.5, 0.6) is 17.2 Å². The average Bonchev–Trinajstić information content (AvgIpc) is 2.77. The first-order valence-electron chi connectivity index (χ1n) is 11.0. The number of carbonyl (C=O) groups is 1. The Morgan fingerprint density at radius 1 is 0.767 bits per heavy atom. The summed E-state index contributed by atoms with van der Waals surface area (Å²) in [5.74, 6) is 1.66. The molecule has 0 heterocycles. The van der Waals surface area contributed by atoms with E-state index in [1.54, 1.807) is 24.3 Å². The molecule has 0 aliphatic heterocycles. The molecule has 0 aliphatic carbocycles. The molecule has 0 aliphatic rings. The Morgan fingerprint density at radius 3 is 1.87 bits per heavy atom. The summed E-state index contributed by atoms with van der Waals surface area (Å²) in [5.41, 5.74) is 0.494. The molecule has 0 radical (unpaired) electrons. The molecule has 0 saturated heterocycles. The standard InChI is InChI=1S/C26H34O4/c1-3-5-7-9-11-21-29-24-16-18-25(19-17-24)30-26(27)22-12-14-23(15-13-22)28-20-10-8-6-4-2/h3,12-19H,1,4-11,20-21H2,2H3. The van der Waals surface area contributed by atoms with Crippen LogP contribution in [0.15, 0.2) is 61.2 Å². The minimum atomic E-state index is -0.389. The lowest BCUT2D eigenvalue weighted by atomic mass is 10.2. The molecule has 4 nitrogen and oxygen atoms in total. The van der Waals surface area contributed by atoms with Gasteiger partial charge >= 0.3 is 5.97 Å². The van der Waals surface area contributed by atoms with Gasteiger partial charge < -0.3 is 14.2 Å². The molecule has 2 aromatic carbocycles. The average molecular weight is 411 g/mol. The van der Waals surface area contributed by atoms with Gasteiger partial charge in [-0.05, 0) is 80.6 Å². The summed E-state index contributed by atoms with van der Waals surface area (Å²) in [6.45, 7) is 7.30. The van der Waals surface area contributed by atoms with Gasteiger partial charge in [0.05, 0.1) is 18.8 Å². The number of carbonyl (C=O) groups excluding carboxylic acids is 1. The van der Waals surface area contributed by atoms with Gasteiger partial charge in [0.1, 0.15) is 17.2 Å². The molecule has 4 heteroatoms. The van der Waals surface area contributed by atoms with Crippen molar-refractivity contribution < 1.29 is 19.0 Å². The summed E-state index contributed by atoms with van der Waals surface area (Å²) in [5, 5.41) is 0. The molecule has 0 atom stereocenters. The van der Waals surface area contributed by atoms with Crippen LogP contribution in [0.3, 0.4) is 0 Å². The van der Waals surface area contributed by atoms with Crippen molar-refractivity contribution in [1.82, 2.24) is 0 Å². The molecule has 0 aromatic heterocycles. The number of hydrogen-bond donors (Lipinski definition) is 0. The fourth-order valence-electron chi connectivity index (χ4n) is 2.93. The van der Waals surface area contributed by atoms with Crippen LogP contribution >= 0.6 is 0 Å². The van der Waals surface area contributed by atoms with E-state index in [0.717, 1.165) is 43.6 Å². The van der Waals surface area contributed by atoms with Crippen LogP contribution in [0, 0.1) is 0 Å². The summed E-state index contributed by atoms with van der Waals surface area (Å²) < 4.78 is 16.9. The van der Waals surface area contributed by atoms with Gasteiger partial charge in [0.15, 0.2) is 0 Å². The van der Waals surface area contributed by atoms with Crippen LogP contribution in [-0.4, -0.2) is 19.2 Å². The number of ether oxygens (including phenoxy) is 3. The predicted molar refractivity (Wildman–Crippen MR) is 122 cm³/mol. The van der Waals surface area contributed by atoms with Gasteiger partial charge in [-0.25, -0.2) is 4.79 Å². The second-order valence-corrected chi connectivity index (χ2v) is 7.28. The van der Waals surface area contributed by atoms with Crippen molar-refractivity contribution in [3.05, 3.63) is 66.7 Å². The smallest absolute Gasteiger partial charge is 0.343 e. The Bertz CT molecular complexity index is 735. The Hall–Kier alpha value is -2.75. The van der Waals surface area contributed by atoms with Gasteiger partial charge in [-0.1, -0.05) is 32.3 Å². The highest BCUT2D eigenvalue weighted by molar-refractivity contribution is 5.91. The fraction of sp³-hybridized carbons (Fsp3) is 0.423. The van der Waals surface area contributed by atoms with Gasteiger partial charge in [-0.2, -0.15) is 0 Å². The first-order chi connectivity index (χ1) is 14.7. The maximum atomic E-state index is 12.3. The highest BCUT2D eigenvalue weighted by Crippen LogP contribution is 2.20. The van der Waals surface area contributed by atoms with Gasteiger partial charge in [0.2, 0.25) is 0 Å².